The van der Waals surface area contributed by atoms with Crippen LogP contribution in [-0.4, -0.2) is 71.1 Å². The number of rotatable bonds is 7. The molecule has 1 saturated heterocycles. The Bertz CT molecular complexity index is 1600. The molecule has 5 rings (SSSR count). The molecule has 0 saturated carbocycles. The average Bonchev–Trinajstić information content (AvgIpc) is 2.99. The van der Waals surface area contributed by atoms with Crippen LogP contribution in [0, 0.1) is 0 Å². The van der Waals surface area contributed by atoms with Gasteiger partial charge in [0.1, 0.15) is 12.1 Å². The molecule has 2 aliphatic rings. The third kappa shape index (κ3) is 7.07. The van der Waals surface area contributed by atoms with E-state index in [2.05, 4.69) is 0 Å². The van der Waals surface area contributed by atoms with Gasteiger partial charge < -0.3 is 19.1 Å². The molecule has 0 N–H and O–H groups in total. The van der Waals surface area contributed by atoms with E-state index in [-0.39, 0.29) is 36.9 Å². The van der Waals surface area contributed by atoms with Crippen LogP contribution in [0.15, 0.2) is 54.7 Å². The molecule has 3 aromatic rings. The van der Waals surface area contributed by atoms with Crippen LogP contribution in [0.2, 0.25) is 5.02 Å². The number of halogens is 1. The Morgan fingerprint density at radius 3 is 2.28 bits per heavy atom. The van der Waals surface area contributed by atoms with E-state index < -0.39 is 17.7 Å². The van der Waals surface area contributed by atoms with Gasteiger partial charge in [0.2, 0.25) is 11.8 Å². The van der Waals surface area contributed by atoms with Crippen molar-refractivity contribution in [3.05, 3.63) is 82.1 Å². The topological polar surface area (TPSA) is 102 Å². The Kier molecular flexibility index (Phi) is 9.49. The van der Waals surface area contributed by atoms with Gasteiger partial charge in [-0.3, -0.25) is 24.4 Å². The van der Waals surface area contributed by atoms with Crippen LogP contribution in [0.1, 0.15) is 76.0 Å². The maximum atomic E-state index is 13.9. The maximum absolute atomic E-state index is 13.9. The lowest BCUT2D eigenvalue weighted by Gasteiger charge is -2.39. The van der Waals surface area contributed by atoms with E-state index in [1.165, 1.54) is 4.90 Å². The number of benzene rings is 2. The minimum absolute atomic E-state index is 0.0604. The predicted molar refractivity (Wildman–Crippen MR) is 175 cm³/mol. The summed E-state index contributed by atoms with van der Waals surface area (Å²) in [6.07, 6.45) is 1.27. The number of hydrogen-bond donors (Lipinski definition) is 0. The second kappa shape index (κ2) is 13.2. The largest absolute Gasteiger partial charge is 0.493 e. The monoisotopic (exact) mass is 648 g/mol. The molecule has 2 unspecified atom stereocenters. The molecule has 10 nitrogen and oxygen atoms in total. The van der Waals surface area contributed by atoms with E-state index in [1.54, 1.807) is 43.9 Å². The van der Waals surface area contributed by atoms with Crippen molar-refractivity contribution in [1.29, 1.82) is 0 Å². The summed E-state index contributed by atoms with van der Waals surface area (Å²) in [5.74, 6) is 0.896. The molecular formula is C35H41ClN4O6. The van der Waals surface area contributed by atoms with Crippen molar-refractivity contribution in [3.63, 3.8) is 0 Å². The van der Waals surface area contributed by atoms with Gasteiger partial charge in [-0.2, -0.15) is 0 Å². The molecule has 2 atom stereocenters. The number of amides is 3. The number of aromatic nitrogens is 1. The van der Waals surface area contributed by atoms with Gasteiger partial charge >= 0.3 is 6.09 Å². The molecule has 0 radical (unpaired) electrons. The summed E-state index contributed by atoms with van der Waals surface area (Å²) >= 11 is 6.24. The highest BCUT2D eigenvalue weighted by atomic mass is 35.5. The van der Waals surface area contributed by atoms with E-state index in [0.29, 0.717) is 41.0 Å². The molecule has 3 heterocycles. The number of pyridine rings is 1. The molecule has 2 aromatic carbocycles. The van der Waals surface area contributed by atoms with Crippen LogP contribution >= 0.6 is 11.6 Å². The van der Waals surface area contributed by atoms with Gasteiger partial charge in [-0.05, 0) is 94.6 Å². The minimum atomic E-state index is -0.641. The van der Waals surface area contributed by atoms with Crippen LogP contribution in [0.25, 0.3) is 0 Å². The maximum Gasteiger partial charge on any atom is 0.410 e. The second-order valence-electron chi connectivity index (χ2n) is 12.9. The fourth-order valence-corrected chi connectivity index (χ4v) is 5.98. The summed E-state index contributed by atoms with van der Waals surface area (Å²) in [7, 11) is 1.59. The molecule has 11 heteroatoms. The number of carbonyl (C=O) groups excluding carboxylic acids is 3. The van der Waals surface area contributed by atoms with Gasteiger partial charge in [0, 0.05) is 18.1 Å². The zero-order chi connectivity index (χ0) is 33.3. The van der Waals surface area contributed by atoms with E-state index in [4.69, 9.17) is 30.8 Å². The summed E-state index contributed by atoms with van der Waals surface area (Å²) in [5, 5.41) is 0.595. The van der Waals surface area contributed by atoms with E-state index in [9.17, 15) is 14.4 Å². The van der Waals surface area contributed by atoms with Crippen molar-refractivity contribution in [3.8, 4) is 11.5 Å². The average molecular weight is 649 g/mol. The van der Waals surface area contributed by atoms with Crippen molar-refractivity contribution < 1.29 is 28.6 Å². The first-order valence-corrected chi connectivity index (χ1v) is 15.8. The molecule has 244 valence electrons. The quantitative estimate of drug-likeness (QED) is 0.294. The molecule has 46 heavy (non-hydrogen) atoms. The number of hydrogen-bond acceptors (Lipinski definition) is 7. The van der Waals surface area contributed by atoms with Crippen molar-refractivity contribution >= 4 is 35.2 Å². The van der Waals surface area contributed by atoms with Crippen LogP contribution in [0.4, 0.5) is 10.5 Å². The molecule has 1 fully saturated rings. The highest BCUT2D eigenvalue weighted by Crippen LogP contribution is 2.44. The van der Waals surface area contributed by atoms with Crippen LogP contribution in [-0.2, 0) is 20.7 Å². The van der Waals surface area contributed by atoms with Crippen LogP contribution in [0.3, 0.4) is 0 Å². The van der Waals surface area contributed by atoms with Gasteiger partial charge in [0.05, 0.1) is 49.3 Å². The third-order valence-electron chi connectivity index (χ3n) is 7.99. The fraction of sp³-hybridized carbons (Fsp3) is 0.429. The first-order valence-electron chi connectivity index (χ1n) is 15.4. The molecule has 0 bridgehead atoms. The number of anilines is 1. The number of piperazine rings is 1. The first-order chi connectivity index (χ1) is 21.8. The summed E-state index contributed by atoms with van der Waals surface area (Å²) in [6, 6.07) is 14.2. The summed E-state index contributed by atoms with van der Waals surface area (Å²) in [4.78, 5) is 49.1. The van der Waals surface area contributed by atoms with Gasteiger partial charge in [-0.25, -0.2) is 4.79 Å². The molecule has 0 spiro atoms. The Morgan fingerprint density at radius 2 is 1.70 bits per heavy atom. The van der Waals surface area contributed by atoms with Crippen molar-refractivity contribution in [1.82, 2.24) is 14.8 Å². The molecule has 2 aliphatic heterocycles. The van der Waals surface area contributed by atoms with E-state index in [0.717, 1.165) is 16.7 Å². The lowest BCUT2D eigenvalue weighted by atomic mass is 9.87. The van der Waals surface area contributed by atoms with E-state index in [1.807, 2.05) is 69.3 Å². The Morgan fingerprint density at radius 1 is 0.978 bits per heavy atom. The van der Waals surface area contributed by atoms with Gasteiger partial charge in [0.15, 0.2) is 11.5 Å². The SMILES string of the molecule is COc1cc2c(cc1OC(C)C)C(c1ccc(Cl)cc1)N(c1ccc(C(C)N3CCN(C(=O)OC(C)(C)C)CC3=O)nc1)C(=O)C2. The smallest absolute Gasteiger partial charge is 0.410 e. The zero-order valence-corrected chi connectivity index (χ0v) is 28.1. The number of methoxy groups -OCH3 is 1. The Hall–Kier alpha value is -4.31. The fourth-order valence-electron chi connectivity index (χ4n) is 5.85. The Labute approximate surface area is 275 Å². The van der Waals surface area contributed by atoms with Crippen molar-refractivity contribution in [2.24, 2.45) is 0 Å². The first kappa shape index (κ1) is 33.1. The number of carbonyl (C=O) groups is 3. The summed E-state index contributed by atoms with van der Waals surface area (Å²) in [6.45, 7) is 11.9. The zero-order valence-electron chi connectivity index (χ0n) is 27.4. The summed E-state index contributed by atoms with van der Waals surface area (Å²) in [5.41, 5.74) is 3.31. The predicted octanol–water partition coefficient (Wildman–Crippen LogP) is 6.35. The molecular weight excluding hydrogens is 608 g/mol. The standard InChI is InChI=1S/C35H41ClN4O6/c1-21(2)45-30-18-27-24(16-29(30)44-7)17-31(41)40(33(27)23-8-10-25(36)11-9-23)26-12-13-28(37-19-26)22(3)39-15-14-38(20-32(39)42)34(43)46-35(4,5)6/h8-13,16,18-19,21-22,33H,14-15,17,20H2,1-7H3. The summed E-state index contributed by atoms with van der Waals surface area (Å²) < 4.78 is 17.2. The van der Waals surface area contributed by atoms with Gasteiger partial charge in [0.25, 0.3) is 0 Å². The molecule has 1 aromatic heterocycles. The van der Waals surface area contributed by atoms with E-state index >= 15 is 0 Å². The van der Waals surface area contributed by atoms with Gasteiger partial charge in [-0.1, -0.05) is 23.7 Å². The number of fused-ring (bicyclic) bond motifs is 1. The lowest BCUT2D eigenvalue weighted by molar-refractivity contribution is -0.138. The van der Waals surface area contributed by atoms with Crippen LogP contribution < -0.4 is 14.4 Å². The van der Waals surface area contributed by atoms with Crippen molar-refractivity contribution in [2.75, 3.05) is 31.6 Å². The number of ether oxygens (including phenoxy) is 3. The lowest BCUT2D eigenvalue weighted by Crippen LogP contribution is -2.53. The second-order valence-corrected chi connectivity index (χ2v) is 13.3. The third-order valence-corrected chi connectivity index (χ3v) is 8.24. The normalized spacial score (nSPS) is 17.6. The highest BCUT2D eigenvalue weighted by molar-refractivity contribution is 6.30. The molecule has 0 aliphatic carbocycles. The minimum Gasteiger partial charge on any atom is -0.493 e. The van der Waals surface area contributed by atoms with Crippen molar-refractivity contribution in [2.45, 2.75) is 71.8 Å². The molecule has 3 amide bonds. The van der Waals surface area contributed by atoms with Crippen LogP contribution in [0.5, 0.6) is 11.5 Å². The highest BCUT2D eigenvalue weighted by Gasteiger charge is 2.37. The number of nitrogens with zero attached hydrogens (tertiary/aromatic N) is 4. The Balaban J connectivity index is 1.43. The van der Waals surface area contributed by atoms with Gasteiger partial charge in [-0.15, -0.1) is 0 Å².